The van der Waals surface area contributed by atoms with Crippen LogP contribution in [0.4, 0.5) is 0 Å². The number of methoxy groups -OCH3 is 1. The van der Waals surface area contributed by atoms with Crippen molar-refractivity contribution in [3.8, 4) is 11.5 Å². The van der Waals surface area contributed by atoms with Gasteiger partial charge in [-0.2, -0.15) is 0 Å². The molecular formula is C14H17NO4. The molecule has 1 saturated carbocycles. The minimum absolute atomic E-state index is 0.274. The van der Waals surface area contributed by atoms with Crippen molar-refractivity contribution in [3.63, 3.8) is 0 Å². The number of fused-ring (bicyclic) bond motifs is 1. The number of hydrogen-bond acceptors (Lipinski definition) is 5. The van der Waals surface area contributed by atoms with Gasteiger partial charge in [-0.25, -0.2) is 4.79 Å². The highest BCUT2D eigenvalue weighted by atomic mass is 16.6. The van der Waals surface area contributed by atoms with Gasteiger partial charge in [-0.15, -0.1) is 0 Å². The van der Waals surface area contributed by atoms with Gasteiger partial charge < -0.3 is 14.2 Å². The zero-order chi connectivity index (χ0) is 13.2. The minimum Gasteiger partial charge on any atom is -0.486 e. The molecule has 5 nitrogen and oxygen atoms in total. The number of esters is 1. The topological polar surface area (TPSA) is 56.8 Å². The minimum atomic E-state index is -0.437. The molecule has 0 spiro atoms. The number of nitrogens with one attached hydrogen (secondary N) is 1. The summed E-state index contributed by atoms with van der Waals surface area (Å²) >= 11 is 0. The quantitative estimate of drug-likeness (QED) is 0.833. The Labute approximate surface area is 111 Å². The van der Waals surface area contributed by atoms with Crippen molar-refractivity contribution in [3.05, 3.63) is 23.8 Å². The average molecular weight is 263 g/mol. The van der Waals surface area contributed by atoms with Crippen molar-refractivity contribution in [2.24, 2.45) is 0 Å². The SMILES string of the molecule is COC(=O)C(NC1CC1)c1ccc2c(c1)OCCO2. The molecule has 1 unspecified atom stereocenters. The van der Waals surface area contributed by atoms with Crippen molar-refractivity contribution in [1.82, 2.24) is 5.32 Å². The van der Waals surface area contributed by atoms with Crippen LogP contribution in [0.15, 0.2) is 18.2 Å². The number of hydrogen-bond donors (Lipinski definition) is 1. The molecule has 102 valence electrons. The van der Waals surface area contributed by atoms with Gasteiger partial charge in [-0.05, 0) is 30.5 Å². The van der Waals surface area contributed by atoms with Gasteiger partial charge >= 0.3 is 5.97 Å². The maximum absolute atomic E-state index is 11.9. The van der Waals surface area contributed by atoms with Gasteiger partial charge in [-0.3, -0.25) is 5.32 Å². The third-order valence-electron chi connectivity index (χ3n) is 3.32. The Hall–Kier alpha value is -1.75. The third-order valence-corrected chi connectivity index (χ3v) is 3.32. The highest BCUT2D eigenvalue weighted by Gasteiger charge is 2.30. The summed E-state index contributed by atoms with van der Waals surface area (Å²) in [4.78, 5) is 11.9. The van der Waals surface area contributed by atoms with Crippen molar-refractivity contribution in [1.29, 1.82) is 0 Å². The van der Waals surface area contributed by atoms with Crippen molar-refractivity contribution < 1.29 is 19.0 Å². The number of carbonyl (C=O) groups is 1. The number of ether oxygens (including phenoxy) is 3. The third kappa shape index (κ3) is 2.66. The monoisotopic (exact) mass is 263 g/mol. The first-order valence-corrected chi connectivity index (χ1v) is 6.51. The van der Waals surface area contributed by atoms with E-state index in [2.05, 4.69) is 5.32 Å². The predicted molar refractivity (Wildman–Crippen MR) is 68.3 cm³/mol. The molecule has 1 heterocycles. The van der Waals surface area contributed by atoms with E-state index in [1.54, 1.807) is 0 Å². The van der Waals surface area contributed by atoms with Crippen LogP contribution < -0.4 is 14.8 Å². The van der Waals surface area contributed by atoms with Crippen LogP contribution in [0, 0.1) is 0 Å². The fraction of sp³-hybridized carbons (Fsp3) is 0.500. The van der Waals surface area contributed by atoms with Crippen LogP contribution in [0.2, 0.25) is 0 Å². The first kappa shape index (κ1) is 12.3. The van der Waals surface area contributed by atoms with Crippen LogP contribution >= 0.6 is 0 Å². The fourth-order valence-electron chi connectivity index (χ4n) is 2.14. The van der Waals surface area contributed by atoms with Crippen LogP contribution in [0.25, 0.3) is 0 Å². The molecule has 1 aromatic carbocycles. The highest BCUT2D eigenvalue weighted by molar-refractivity contribution is 5.78. The van der Waals surface area contributed by atoms with Crippen molar-refractivity contribution >= 4 is 5.97 Å². The molecule has 1 atom stereocenters. The maximum atomic E-state index is 11.9. The summed E-state index contributed by atoms with van der Waals surface area (Å²) in [6.45, 7) is 1.10. The Morgan fingerprint density at radius 1 is 1.32 bits per heavy atom. The van der Waals surface area contributed by atoms with E-state index < -0.39 is 6.04 Å². The lowest BCUT2D eigenvalue weighted by Crippen LogP contribution is -2.31. The Kier molecular flexibility index (Phi) is 3.29. The average Bonchev–Trinajstić information content (AvgIpc) is 3.27. The lowest BCUT2D eigenvalue weighted by Gasteiger charge is -2.21. The molecule has 3 rings (SSSR count). The van der Waals surface area contributed by atoms with Gasteiger partial charge in [0, 0.05) is 6.04 Å². The van der Waals surface area contributed by atoms with Crippen LogP contribution in [0.5, 0.6) is 11.5 Å². The predicted octanol–water partition coefficient (Wildman–Crippen LogP) is 1.42. The van der Waals surface area contributed by atoms with E-state index in [1.165, 1.54) is 7.11 Å². The van der Waals surface area contributed by atoms with E-state index in [1.807, 2.05) is 18.2 Å². The molecule has 0 bridgehead atoms. The molecular weight excluding hydrogens is 246 g/mol. The molecule has 19 heavy (non-hydrogen) atoms. The van der Waals surface area contributed by atoms with Gasteiger partial charge in [0.15, 0.2) is 11.5 Å². The van der Waals surface area contributed by atoms with Gasteiger partial charge in [0.1, 0.15) is 19.3 Å². The summed E-state index contributed by atoms with van der Waals surface area (Å²) in [7, 11) is 1.40. The second-order valence-corrected chi connectivity index (χ2v) is 4.80. The molecule has 0 radical (unpaired) electrons. The lowest BCUT2D eigenvalue weighted by atomic mass is 10.1. The van der Waals surface area contributed by atoms with Crippen LogP contribution in [-0.2, 0) is 9.53 Å². The molecule has 0 amide bonds. The second kappa shape index (κ2) is 5.09. The smallest absolute Gasteiger partial charge is 0.327 e. The first-order chi connectivity index (χ1) is 9.28. The molecule has 2 aliphatic rings. The Balaban J connectivity index is 1.86. The zero-order valence-corrected chi connectivity index (χ0v) is 10.8. The molecule has 1 aliphatic heterocycles. The standard InChI is InChI=1S/C14H17NO4/c1-17-14(16)13(15-10-3-4-10)9-2-5-11-12(8-9)19-7-6-18-11/h2,5,8,10,13,15H,3-4,6-7H2,1H3. The zero-order valence-electron chi connectivity index (χ0n) is 10.8. The Morgan fingerprint density at radius 3 is 2.74 bits per heavy atom. The van der Waals surface area contributed by atoms with Gasteiger partial charge in [-0.1, -0.05) is 6.07 Å². The van der Waals surface area contributed by atoms with E-state index in [0.29, 0.717) is 25.0 Å². The summed E-state index contributed by atoms with van der Waals surface area (Å²) in [5, 5.41) is 3.29. The van der Waals surface area contributed by atoms with Gasteiger partial charge in [0.2, 0.25) is 0 Å². The first-order valence-electron chi connectivity index (χ1n) is 6.51. The number of rotatable bonds is 4. The van der Waals surface area contributed by atoms with E-state index in [-0.39, 0.29) is 5.97 Å². The van der Waals surface area contributed by atoms with E-state index in [9.17, 15) is 4.79 Å². The molecule has 1 fully saturated rings. The van der Waals surface area contributed by atoms with Crippen LogP contribution in [0.3, 0.4) is 0 Å². The summed E-state index contributed by atoms with van der Waals surface area (Å²) in [6.07, 6.45) is 2.22. The van der Waals surface area contributed by atoms with Crippen LogP contribution in [-0.4, -0.2) is 32.3 Å². The molecule has 0 aromatic heterocycles. The summed E-state index contributed by atoms with van der Waals surface area (Å²) < 4.78 is 15.9. The van der Waals surface area contributed by atoms with E-state index >= 15 is 0 Å². The second-order valence-electron chi connectivity index (χ2n) is 4.80. The summed E-state index contributed by atoms with van der Waals surface area (Å²) in [5.41, 5.74) is 0.850. The number of carbonyl (C=O) groups excluding carboxylic acids is 1. The normalized spacial score (nSPS) is 18.8. The van der Waals surface area contributed by atoms with Crippen LogP contribution in [0.1, 0.15) is 24.4 Å². The molecule has 1 aromatic rings. The van der Waals surface area contributed by atoms with Crippen molar-refractivity contribution in [2.75, 3.05) is 20.3 Å². The number of benzene rings is 1. The lowest BCUT2D eigenvalue weighted by molar-refractivity contribution is -0.143. The summed E-state index contributed by atoms with van der Waals surface area (Å²) in [5.74, 6) is 1.14. The Morgan fingerprint density at radius 2 is 2.05 bits per heavy atom. The molecule has 0 saturated heterocycles. The Bertz CT molecular complexity index is 484. The summed E-state index contributed by atoms with van der Waals surface area (Å²) in [6, 6.07) is 5.55. The van der Waals surface area contributed by atoms with E-state index in [4.69, 9.17) is 14.2 Å². The van der Waals surface area contributed by atoms with Gasteiger partial charge in [0.25, 0.3) is 0 Å². The highest BCUT2D eigenvalue weighted by Crippen LogP contribution is 2.34. The largest absolute Gasteiger partial charge is 0.486 e. The maximum Gasteiger partial charge on any atom is 0.327 e. The fourth-order valence-corrected chi connectivity index (χ4v) is 2.14. The van der Waals surface area contributed by atoms with Crippen molar-refractivity contribution in [2.45, 2.75) is 24.9 Å². The molecule has 1 N–H and O–H groups in total. The van der Waals surface area contributed by atoms with Gasteiger partial charge in [0.05, 0.1) is 7.11 Å². The van der Waals surface area contributed by atoms with E-state index in [0.717, 1.165) is 24.2 Å². The molecule has 1 aliphatic carbocycles. The molecule has 5 heteroatoms.